The first-order valence-corrected chi connectivity index (χ1v) is 5.23. The second-order valence-electron chi connectivity index (χ2n) is 4.28. The molecule has 2 atom stereocenters. The Morgan fingerprint density at radius 3 is 2.54 bits per heavy atom. The molecule has 0 bridgehead atoms. The quantitative estimate of drug-likeness (QED) is 0.673. The second-order valence-corrected chi connectivity index (χ2v) is 4.28. The number of carbonyl (C=O) groups excluding carboxylic acids is 1. The summed E-state index contributed by atoms with van der Waals surface area (Å²) in [4.78, 5) is 13.6. The molecular weight excluding hydrogens is 164 g/mol. The lowest BCUT2D eigenvalue weighted by Crippen LogP contribution is -2.36. The molecule has 2 unspecified atom stereocenters. The highest BCUT2D eigenvalue weighted by molar-refractivity contribution is 5.78. The van der Waals surface area contributed by atoms with Crippen LogP contribution in [-0.2, 0) is 4.79 Å². The third-order valence-electron chi connectivity index (χ3n) is 3.41. The number of rotatable bonds is 2. The Morgan fingerprint density at radius 2 is 2.00 bits per heavy atom. The standard InChI is InChI=1S/C10H18N2O/c1-11-5-10(13)12-6-8-3-2-4-9(8)7-12/h8-9,11H,2-7H2,1H3. The highest BCUT2D eigenvalue weighted by Crippen LogP contribution is 2.37. The largest absolute Gasteiger partial charge is 0.341 e. The number of hydrogen-bond donors (Lipinski definition) is 1. The Kier molecular flexibility index (Phi) is 2.54. The molecule has 1 aliphatic carbocycles. The molecule has 0 spiro atoms. The maximum Gasteiger partial charge on any atom is 0.236 e. The van der Waals surface area contributed by atoms with Crippen LogP contribution >= 0.6 is 0 Å². The van der Waals surface area contributed by atoms with Crippen molar-refractivity contribution >= 4 is 5.91 Å². The van der Waals surface area contributed by atoms with E-state index in [0.717, 1.165) is 24.9 Å². The highest BCUT2D eigenvalue weighted by atomic mass is 16.2. The van der Waals surface area contributed by atoms with Crippen LogP contribution in [0.2, 0.25) is 0 Å². The van der Waals surface area contributed by atoms with Gasteiger partial charge in [-0.25, -0.2) is 0 Å². The molecule has 2 fully saturated rings. The summed E-state index contributed by atoms with van der Waals surface area (Å²) in [6.07, 6.45) is 4.06. The summed E-state index contributed by atoms with van der Waals surface area (Å²) in [5, 5.41) is 2.92. The van der Waals surface area contributed by atoms with Gasteiger partial charge in [-0.1, -0.05) is 6.42 Å². The highest BCUT2D eigenvalue weighted by Gasteiger charge is 2.37. The van der Waals surface area contributed by atoms with Gasteiger partial charge in [-0.15, -0.1) is 0 Å². The van der Waals surface area contributed by atoms with Gasteiger partial charge in [0, 0.05) is 13.1 Å². The van der Waals surface area contributed by atoms with Crippen LogP contribution in [0.1, 0.15) is 19.3 Å². The van der Waals surface area contributed by atoms with Crippen LogP contribution in [0.5, 0.6) is 0 Å². The van der Waals surface area contributed by atoms with Gasteiger partial charge < -0.3 is 10.2 Å². The van der Waals surface area contributed by atoms with E-state index in [2.05, 4.69) is 5.32 Å². The van der Waals surface area contributed by atoms with Crippen molar-refractivity contribution in [1.29, 1.82) is 0 Å². The molecule has 0 aromatic heterocycles. The van der Waals surface area contributed by atoms with E-state index < -0.39 is 0 Å². The molecule has 3 heteroatoms. The molecule has 0 aromatic rings. The van der Waals surface area contributed by atoms with Gasteiger partial charge in [-0.05, 0) is 31.7 Å². The van der Waals surface area contributed by atoms with Crippen molar-refractivity contribution in [2.75, 3.05) is 26.7 Å². The second kappa shape index (κ2) is 3.66. The van der Waals surface area contributed by atoms with Gasteiger partial charge >= 0.3 is 0 Å². The maximum absolute atomic E-state index is 11.5. The minimum Gasteiger partial charge on any atom is -0.341 e. The smallest absolute Gasteiger partial charge is 0.236 e. The van der Waals surface area contributed by atoms with E-state index in [9.17, 15) is 4.79 Å². The first-order chi connectivity index (χ1) is 6.31. The predicted octanol–water partition coefficient (Wildman–Crippen LogP) is 0.464. The summed E-state index contributed by atoms with van der Waals surface area (Å²) in [6.45, 7) is 2.54. The van der Waals surface area contributed by atoms with Crippen molar-refractivity contribution in [3.8, 4) is 0 Å². The van der Waals surface area contributed by atoms with Crippen LogP contribution < -0.4 is 5.32 Å². The zero-order chi connectivity index (χ0) is 9.26. The van der Waals surface area contributed by atoms with Gasteiger partial charge in [0.2, 0.25) is 5.91 Å². The van der Waals surface area contributed by atoms with Gasteiger partial charge in [-0.3, -0.25) is 4.79 Å². The summed E-state index contributed by atoms with van der Waals surface area (Å²) in [7, 11) is 1.83. The number of nitrogens with zero attached hydrogens (tertiary/aromatic N) is 1. The number of carbonyl (C=O) groups is 1. The fraction of sp³-hybridized carbons (Fsp3) is 0.900. The SMILES string of the molecule is CNCC(=O)N1CC2CCCC2C1. The van der Waals surface area contributed by atoms with Gasteiger partial charge in [-0.2, -0.15) is 0 Å². The average Bonchev–Trinajstić information content (AvgIpc) is 2.61. The van der Waals surface area contributed by atoms with E-state index in [1.165, 1.54) is 19.3 Å². The van der Waals surface area contributed by atoms with Gasteiger partial charge in [0.05, 0.1) is 6.54 Å². The Morgan fingerprint density at radius 1 is 1.38 bits per heavy atom. The fourth-order valence-electron chi connectivity index (χ4n) is 2.70. The van der Waals surface area contributed by atoms with E-state index in [1.807, 2.05) is 11.9 Å². The van der Waals surface area contributed by atoms with Crippen LogP contribution in [-0.4, -0.2) is 37.5 Å². The monoisotopic (exact) mass is 182 g/mol. The van der Waals surface area contributed by atoms with Crippen molar-refractivity contribution in [3.05, 3.63) is 0 Å². The van der Waals surface area contributed by atoms with Crippen LogP contribution in [0.25, 0.3) is 0 Å². The number of likely N-dealkylation sites (N-methyl/N-ethyl adjacent to an activating group) is 1. The van der Waals surface area contributed by atoms with Crippen LogP contribution in [0, 0.1) is 11.8 Å². The molecule has 1 saturated carbocycles. The number of hydrogen-bond acceptors (Lipinski definition) is 2. The Labute approximate surface area is 79.5 Å². The summed E-state index contributed by atoms with van der Waals surface area (Å²) >= 11 is 0. The molecule has 1 heterocycles. The van der Waals surface area contributed by atoms with Crippen molar-refractivity contribution in [3.63, 3.8) is 0 Å². The lowest BCUT2D eigenvalue weighted by molar-refractivity contribution is -0.129. The van der Waals surface area contributed by atoms with Crippen molar-refractivity contribution in [2.45, 2.75) is 19.3 Å². The number of fused-ring (bicyclic) bond motifs is 1. The normalized spacial score (nSPS) is 32.2. The van der Waals surface area contributed by atoms with Crippen molar-refractivity contribution < 1.29 is 4.79 Å². The number of nitrogens with one attached hydrogen (secondary N) is 1. The molecule has 2 aliphatic rings. The molecule has 1 aliphatic heterocycles. The van der Waals surface area contributed by atoms with Crippen LogP contribution in [0.3, 0.4) is 0 Å². The van der Waals surface area contributed by atoms with E-state index >= 15 is 0 Å². The van der Waals surface area contributed by atoms with E-state index in [4.69, 9.17) is 0 Å². The number of amides is 1. The summed E-state index contributed by atoms with van der Waals surface area (Å²) in [5.41, 5.74) is 0. The topological polar surface area (TPSA) is 32.3 Å². The lowest BCUT2D eigenvalue weighted by atomic mass is 10.0. The first kappa shape index (κ1) is 9.00. The molecule has 0 aromatic carbocycles. The van der Waals surface area contributed by atoms with Crippen LogP contribution in [0.15, 0.2) is 0 Å². The number of likely N-dealkylation sites (tertiary alicyclic amines) is 1. The molecule has 1 amide bonds. The molecule has 13 heavy (non-hydrogen) atoms. The van der Waals surface area contributed by atoms with E-state index in [-0.39, 0.29) is 5.91 Å². The Bertz CT molecular complexity index is 193. The summed E-state index contributed by atoms with van der Waals surface area (Å²) in [5.74, 6) is 1.92. The fourth-order valence-corrected chi connectivity index (χ4v) is 2.70. The molecule has 2 rings (SSSR count). The van der Waals surface area contributed by atoms with Gasteiger partial charge in [0.25, 0.3) is 0 Å². The van der Waals surface area contributed by atoms with Crippen LogP contribution in [0.4, 0.5) is 0 Å². The minimum absolute atomic E-state index is 0.275. The third-order valence-corrected chi connectivity index (χ3v) is 3.41. The van der Waals surface area contributed by atoms with Gasteiger partial charge in [0.1, 0.15) is 0 Å². The zero-order valence-electron chi connectivity index (χ0n) is 8.25. The Hall–Kier alpha value is -0.570. The molecule has 1 saturated heterocycles. The zero-order valence-corrected chi connectivity index (χ0v) is 8.25. The molecule has 74 valence electrons. The average molecular weight is 182 g/mol. The van der Waals surface area contributed by atoms with Crippen molar-refractivity contribution in [1.82, 2.24) is 10.2 Å². The first-order valence-electron chi connectivity index (χ1n) is 5.23. The molecular formula is C10H18N2O. The molecule has 0 radical (unpaired) electrons. The predicted molar refractivity (Wildman–Crippen MR) is 51.3 cm³/mol. The maximum atomic E-state index is 11.5. The Balaban J connectivity index is 1.87. The third kappa shape index (κ3) is 1.70. The summed E-state index contributed by atoms with van der Waals surface area (Å²) < 4.78 is 0. The lowest BCUT2D eigenvalue weighted by Gasteiger charge is -2.16. The van der Waals surface area contributed by atoms with E-state index in [0.29, 0.717) is 6.54 Å². The minimum atomic E-state index is 0.275. The summed E-state index contributed by atoms with van der Waals surface area (Å²) in [6, 6.07) is 0. The molecule has 1 N–H and O–H groups in total. The van der Waals surface area contributed by atoms with E-state index in [1.54, 1.807) is 0 Å². The molecule has 3 nitrogen and oxygen atoms in total. The van der Waals surface area contributed by atoms with Crippen molar-refractivity contribution in [2.24, 2.45) is 11.8 Å². The van der Waals surface area contributed by atoms with Gasteiger partial charge in [0.15, 0.2) is 0 Å².